The molecule has 2 aromatic rings. The van der Waals surface area contributed by atoms with Crippen LogP contribution in [0.5, 0.6) is 0 Å². The molecule has 0 radical (unpaired) electrons. The number of nitriles is 2. The van der Waals surface area contributed by atoms with Crippen molar-refractivity contribution in [3.8, 4) is 12.1 Å². The number of ether oxygens (including phenoxy) is 1. The van der Waals surface area contributed by atoms with Crippen molar-refractivity contribution in [2.24, 2.45) is 5.73 Å². The number of pyridine rings is 1. The van der Waals surface area contributed by atoms with Crippen LogP contribution in [0.15, 0.2) is 29.3 Å². The van der Waals surface area contributed by atoms with Gasteiger partial charge in [0, 0.05) is 32.4 Å². The number of morpholine rings is 1. The van der Waals surface area contributed by atoms with Crippen molar-refractivity contribution in [3.05, 3.63) is 46.5 Å². The number of anilines is 2. The normalized spacial score (nSPS) is 16.1. The monoisotopic (exact) mass is 500 g/mol. The van der Waals surface area contributed by atoms with Crippen LogP contribution in [0, 0.1) is 22.7 Å². The molecular weight excluding hydrogens is 472 g/mol. The highest BCUT2D eigenvalue weighted by atomic mass is 32.2. The maximum atomic E-state index is 11.8. The number of aromatic nitrogens is 1. The van der Waals surface area contributed by atoms with Gasteiger partial charge in [0.25, 0.3) is 0 Å². The molecule has 1 fully saturated rings. The van der Waals surface area contributed by atoms with Gasteiger partial charge in [-0.25, -0.2) is 13.4 Å². The Bertz CT molecular complexity index is 1220. The molecule has 0 spiro atoms. The zero-order chi connectivity index (χ0) is 24.9. The summed E-state index contributed by atoms with van der Waals surface area (Å²) in [6.45, 7) is 3.92. The first-order valence-corrected chi connectivity index (χ1v) is 13.7. The molecule has 11 heteroatoms. The molecular formula is C23H28N6O3S2. The lowest BCUT2D eigenvalue weighted by molar-refractivity contribution is 0.0462. The van der Waals surface area contributed by atoms with Crippen LogP contribution < -0.4 is 14.9 Å². The molecule has 1 saturated heterocycles. The average Bonchev–Trinajstić information content (AvgIpc) is 2.85. The summed E-state index contributed by atoms with van der Waals surface area (Å²) in [5.41, 5.74) is 8.86. The van der Waals surface area contributed by atoms with E-state index < -0.39 is 10.0 Å². The Morgan fingerprint density at radius 3 is 2.50 bits per heavy atom. The maximum Gasteiger partial charge on any atom is 0.231 e. The minimum absolute atomic E-state index is 0.137. The molecule has 0 aliphatic carbocycles. The molecule has 9 nitrogen and oxygen atoms in total. The molecule has 1 aliphatic heterocycles. The first-order chi connectivity index (χ1) is 16.2. The fourth-order valence-corrected chi connectivity index (χ4v) is 5.18. The number of thioether (sulfide) groups is 1. The van der Waals surface area contributed by atoms with E-state index in [-0.39, 0.29) is 6.10 Å². The Morgan fingerprint density at radius 1 is 1.26 bits per heavy atom. The van der Waals surface area contributed by atoms with Gasteiger partial charge in [0.1, 0.15) is 23.0 Å². The predicted octanol–water partition coefficient (Wildman–Crippen LogP) is 2.24. The first kappa shape index (κ1) is 25.8. The van der Waals surface area contributed by atoms with Gasteiger partial charge in [0.2, 0.25) is 10.0 Å². The summed E-state index contributed by atoms with van der Waals surface area (Å²) < 4.78 is 30.4. The van der Waals surface area contributed by atoms with Crippen molar-refractivity contribution in [2.75, 3.05) is 48.7 Å². The fraction of sp³-hybridized carbons (Fsp3) is 0.435. The van der Waals surface area contributed by atoms with Crippen LogP contribution in [0.2, 0.25) is 0 Å². The summed E-state index contributed by atoms with van der Waals surface area (Å²) in [7, 11) is -1.83. The molecule has 1 aliphatic rings. The summed E-state index contributed by atoms with van der Waals surface area (Å²) in [5.74, 6) is 1.10. The molecule has 34 heavy (non-hydrogen) atoms. The van der Waals surface area contributed by atoms with E-state index in [0.29, 0.717) is 71.6 Å². The quantitative estimate of drug-likeness (QED) is 0.541. The SMILES string of the molecule is CCc1c(C#N)c(SCc2ccc(N(C)S(C)(=O)=O)cc2)nc(N2CCOC(CN)C2)c1C#N. The van der Waals surface area contributed by atoms with E-state index in [0.717, 1.165) is 11.8 Å². The van der Waals surface area contributed by atoms with Crippen molar-refractivity contribution in [3.63, 3.8) is 0 Å². The van der Waals surface area contributed by atoms with Gasteiger partial charge in [-0.1, -0.05) is 19.1 Å². The Hall–Kier alpha value is -2.83. The number of nitrogens with two attached hydrogens (primary N) is 1. The van der Waals surface area contributed by atoms with Gasteiger partial charge in [-0.2, -0.15) is 10.5 Å². The van der Waals surface area contributed by atoms with Gasteiger partial charge < -0.3 is 15.4 Å². The number of hydrogen-bond acceptors (Lipinski definition) is 9. The number of sulfonamides is 1. The maximum absolute atomic E-state index is 11.8. The van der Waals surface area contributed by atoms with Crippen LogP contribution in [-0.2, 0) is 26.9 Å². The molecule has 180 valence electrons. The second-order valence-electron chi connectivity index (χ2n) is 7.91. The summed E-state index contributed by atoms with van der Waals surface area (Å²) >= 11 is 1.42. The number of nitrogens with zero attached hydrogens (tertiary/aromatic N) is 5. The van der Waals surface area contributed by atoms with Gasteiger partial charge >= 0.3 is 0 Å². The summed E-state index contributed by atoms with van der Waals surface area (Å²) in [6, 6.07) is 11.7. The molecule has 0 bridgehead atoms. The average molecular weight is 501 g/mol. The van der Waals surface area contributed by atoms with E-state index in [1.54, 1.807) is 12.1 Å². The minimum atomic E-state index is -3.33. The van der Waals surface area contributed by atoms with Crippen LogP contribution in [0.25, 0.3) is 0 Å². The highest BCUT2D eigenvalue weighted by molar-refractivity contribution is 7.98. The lowest BCUT2D eigenvalue weighted by Gasteiger charge is -2.34. The second-order valence-corrected chi connectivity index (χ2v) is 10.9. The van der Waals surface area contributed by atoms with Crippen LogP contribution in [-0.4, -0.2) is 59.1 Å². The van der Waals surface area contributed by atoms with E-state index >= 15 is 0 Å². The largest absolute Gasteiger partial charge is 0.373 e. The lowest BCUT2D eigenvalue weighted by atomic mass is 10.0. The Balaban J connectivity index is 1.92. The third kappa shape index (κ3) is 5.62. The van der Waals surface area contributed by atoms with E-state index in [4.69, 9.17) is 15.5 Å². The van der Waals surface area contributed by atoms with Gasteiger partial charge in [0.15, 0.2) is 0 Å². The molecule has 1 aromatic carbocycles. The van der Waals surface area contributed by atoms with E-state index in [1.807, 2.05) is 24.0 Å². The van der Waals surface area contributed by atoms with E-state index in [9.17, 15) is 18.9 Å². The third-order valence-corrected chi connectivity index (χ3v) is 7.95. The first-order valence-electron chi connectivity index (χ1n) is 10.8. The summed E-state index contributed by atoms with van der Waals surface area (Å²) in [6.07, 6.45) is 1.55. The van der Waals surface area contributed by atoms with Crippen molar-refractivity contribution in [1.82, 2.24) is 4.98 Å². The van der Waals surface area contributed by atoms with Crippen molar-refractivity contribution < 1.29 is 13.2 Å². The zero-order valence-electron chi connectivity index (χ0n) is 19.5. The van der Waals surface area contributed by atoms with Crippen LogP contribution in [0.4, 0.5) is 11.5 Å². The molecule has 0 amide bonds. The molecule has 1 atom stereocenters. The van der Waals surface area contributed by atoms with Crippen molar-refractivity contribution >= 4 is 33.3 Å². The lowest BCUT2D eigenvalue weighted by Crippen LogP contribution is -2.46. The molecule has 1 aromatic heterocycles. The van der Waals surface area contributed by atoms with E-state index in [1.165, 1.54) is 23.1 Å². The number of benzene rings is 1. The standard InChI is InChI=1S/C23H28N6O3S2/c1-4-19-20(12-25)22(29-9-10-32-18(11-24)14-29)27-23(21(19)13-26)33-15-16-5-7-17(8-6-16)28(2)34(3,30)31/h5-8,18H,4,9-11,14-15,24H2,1-3H3. The zero-order valence-corrected chi connectivity index (χ0v) is 21.1. The highest BCUT2D eigenvalue weighted by Gasteiger charge is 2.27. The van der Waals surface area contributed by atoms with Gasteiger partial charge in [-0.15, -0.1) is 11.8 Å². The topological polar surface area (TPSA) is 136 Å². The minimum Gasteiger partial charge on any atom is -0.373 e. The number of rotatable bonds is 8. The van der Waals surface area contributed by atoms with Gasteiger partial charge in [0.05, 0.1) is 35.8 Å². The number of hydrogen-bond donors (Lipinski definition) is 1. The molecule has 0 saturated carbocycles. The van der Waals surface area contributed by atoms with E-state index in [2.05, 4.69) is 12.1 Å². The fourth-order valence-electron chi connectivity index (χ4n) is 3.72. The third-order valence-electron chi connectivity index (χ3n) is 5.70. The summed E-state index contributed by atoms with van der Waals surface area (Å²) in [4.78, 5) is 6.78. The van der Waals surface area contributed by atoms with Crippen molar-refractivity contribution in [1.29, 1.82) is 10.5 Å². The smallest absolute Gasteiger partial charge is 0.231 e. The van der Waals surface area contributed by atoms with Crippen LogP contribution in [0.1, 0.15) is 29.2 Å². The van der Waals surface area contributed by atoms with Crippen LogP contribution in [0.3, 0.4) is 0 Å². The van der Waals surface area contributed by atoms with Crippen molar-refractivity contribution in [2.45, 2.75) is 30.2 Å². The highest BCUT2D eigenvalue weighted by Crippen LogP contribution is 2.34. The Labute approximate surface area is 205 Å². The molecule has 2 N–H and O–H groups in total. The predicted molar refractivity (Wildman–Crippen MR) is 133 cm³/mol. The second kappa shape index (κ2) is 11.1. The molecule has 3 rings (SSSR count). The Kier molecular flexibility index (Phi) is 8.39. The van der Waals surface area contributed by atoms with Crippen LogP contribution >= 0.6 is 11.8 Å². The summed E-state index contributed by atoms with van der Waals surface area (Å²) in [5, 5.41) is 20.3. The van der Waals surface area contributed by atoms with Gasteiger partial charge in [-0.3, -0.25) is 4.31 Å². The molecule has 2 heterocycles. The Morgan fingerprint density at radius 2 is 1.94 bits per heavy atom. The van der Waals surface area contributed by atoms with Gasteiger partial charge in [-0.05, 0) is 29.7 Å². The molecule has 1 unspecified atom stereocenters.